The van der Waals surface area contributed by atoms with E-state index in [4.69, 9.17) is 0 Å². The zero-order valence-corrected chi connectivity index (χ0v) is 14.5. The smallest absolute Gasteiger partial charge is 0.280 e. The lowest BCUT2D eigenvalue weighted by Gasteiger charge is -2.26. The number of aromatic nitrogens is 3. The summed E-state index contributed by atoms with van der Waals surface area (Å²) in [7, 11) is 1.34. The molecule has 1 saturated heterocycles. The van der Waals surface area contributed by atoms with Crippen molar-refractivity contribution in [1.82, 2.24) is 20.1 Å². The second-order valence-electron chi connectivity index (χ2n) is 6.26. The van der Waals surface area contributed by atoms with Crippen LogP contribution in [0.15, 0.2) is 36.7 Å². The Morgan fingerprint density at radius 1 is 1.33 bits per heavy atom. The Hall–Kier alpha value is -3.07. The van der Waals surface area contributed by atoms with E-state index < -0.39 is 17.5 Å². The maximum absolute atomic E-state index is 14.3. The number of fused-ring (bicyclic) bond motifs is 1. The van der Waals surface area contributed by atoms with Crippen LogP contribution < -0.4 is 10.4 Å². The Kier molecular flexibility index (Phi) is 4.44. The molecule has 1 unspecified atom stereocenters. The summed E-state index contributed by atoms with van der Waals surface area (Å²) >= 11 is 0. The maximum atomic E-state index is 14.3. The first kappa shape index (κ1) is 17.3. The first-order chi connectivity index (χ1) is 13.1. The van der Waals surface area contributed by atoms with Crippen LogP contribution in [0.1, 0.15) is 34.8 Å². The van der Waals surface area contributed by atoms with Gasteiger partial charge < -0.3 is 4.90 Å². The molecule has 1 amide bonds. The number of amides is 1. The zero-order chi connectivity index (χ0) is 19.0. The number of carbonyl (C=O) groups excluding carboxylic acids is 1. The number of carbonyl (C=O) groups is 1. The first-order valence-corrected chi connectivity index (χ1v) is 8.48. The van der Waals surface area contributed by atoms with Gasteiger partial charge in [0.05, 0.1) is 19.3 Å². The molecule has 3 heterocycles. The number of hydrogen-bond acceptors (Lipinski definition) is 5. The number of hydroxylamine groups is 1. The number of anilines is 1. The van der Waals surface area contributed by atoms with Gasteiger partial charge in [0.2, 0.25) is 0 Å². The molecule has 9 heteroatoms. The van der Waals surface area contributed by atoms with E-state index in [9.17, 15) is 13.6 Å². The van der Waals surface area contributed by atoms with Crippen molar-refractivity contribution >= 4 is 17.4 Å². The summed E-state index contributed by atoms with van der Waals surface area (Å²) < 4.78 is 29.4. The van der Waals surface area contributed by atoms with Gasteiger partial charge >= 0.3 is 0 Å². The average Bonchev–Trinajstić information content (AvgIpc) is 3.30. The normalized spacial score (nSPS) is 16.9. The molecule has 0 bridgehead atoms. The molecule has 1 fully saturated rings. The van der Waals surface area contributed by atoms with Gasteiger partial charge in [-0.1, -0.05) is 0 Å². The maximum Gasteiger partial charge on any atom is 0.280 e. The highest BCUT2D eigenvalue weighted by Gasteiger charge is 2.30. The van der Waals surface area contributed by atoms with Crippen LogP contribution in [0.4, 0.5) is 14.6 Å². The molecule has 0 aliphatic carbocycles. The van der Waals surface area contributed by atoms with E-state index >= 15 is 0 Å². The molecule has 1 atom stereocenters. The topological polar surface area (TPSA) is 71.8 Å². The molecule has 0 radical (unpaired) electrons. The Morgan fingerprint density at radius 2 is 2.19 bits per heavy atom. The largest absolute Gasteiger partial charge is 0.349 e. The molecule has 0 saturated carbocycles. The molecule has 1 aliphatic rings. The third-order valence-corrected chi connectivity index (χ3v) is 4.66. The first-order valence-electron chi connectivity index (χ1n) is 8.48. The molecule has 1 aliphatic heterocycles. The Balaban J connectivity index is 1.73. The molecule has 7 nitrogen and oxygen atoms in total. The van der Waals surface area contributed by atoms with Crippen LogP contribution in [0.5, 0.6) is 0 Å². The molecule has 0 spiro atoms. The van der Waals surface area contributed by atoms with Gasteiger partial charge in [-0.3, -0.25) is 9.63 Å². The van der Waals surface area contributed by atoms with Crippen molar-refractivity contribution in [3.05, 3.63) is 59.4 Å². The van der Waals surface area contributed by atoms with Crippen LogP contribution in [0.25, 0.3) is 5.65 Å². The number of benzene rings is 1. The summed E-state index contributed by atoms with van der Waals surface area (Å²) in [6.07, 6.45) is 4.58. The molecule has 1 N–H and O–H groups in total. The minimum absolute atomic E-state index is 0.256. The van der Waals surface area contributed by atoms with Gasteiger partial charge in [-0.15, -0.1) is 0 Å². The van der Waals surface area contributed by atoms with Crippen LogP contribution in [0.3, 0.4) is 0 Å². The van der Waals surface area contributed by atoms with Crippen molar-refractivity contribution in [3.8, 4) is 0 Å². The summed E-state index contributed by atoms with van der Waals surface area (Å²) in [4.78, 5) is 23.2. The average molecular weight is 373 g/mol. The van der Waals surface area contributed by atoms with Gasteiger partial charge in [0, 0.05) is 18.3 Å². The standard InChI is InChI=1S/C18H17F2N5O2/c1-27-23-18(26)13-10-21-25-8-6-16(22-17(13)25)24-7-2-3-15(24)12-9-11(19)4-5-14(12)20/h4-6,8-10,15H,2-3,7H2,1H3,(H,23,26). The number of halogens is 2. The van der Waals surface area contributed by atoms with Gasteiger partial charge in [0.15, 0.2) is 5.65 Å². The lowest BCUT2D eigenvalue weighted by molar-refractivity contribution is 0.0539. The summed E-state index contributed by atoms with van der Waals surface area (Å²) in [5.41, 5.74) is 3.16. The van der Waals surface area contributed by atoms with Crippen molar-refractivity contribution in [1.29, 1.82) is 0 Å². The van der Waals surface area contributed by atoms with Crippen molar-refractivity contribution < 1.29 is 18.4 Å². The number of nitrogens with zero attached hydrogens (tertiary/aromatic N) is 4. The fourth-order valence-corrected chi connectivity index (χ4v) is 3.46. The predicted molar refractivity (Wildman–Crippen MR) is 93.1 cm³/mol. The van der Waals surface area contributed by atoms with Crippen molar-refractivity contribution in [2.45, 2.75) is 18.9 Å². The van der Waals surface area contributed by atoms with Gasteiger partial charge in [0.1, 0.15) is 23.0 Å². The summed E-state index contributed by atoms with van der Waals surface area (Å²) in [5, 5.41) is 4.10. The lowest BCUT2D eigenvalue weighted by atomic mass is 10.0. The van der Waals surface area contributed by atoms with Crippen molar-refractivity contribution in [2.75, 3.05) is 18.6 Å². The van der Waals surface area contributed by atoms with E-state index in [2.05, 4.69) is 20.4 Å². The molecule has 140 valence electrons. The number of nitrogens with one attached hydrogen (secondary N) is 1. The highest BCUT2D eigenvalue weighted by atomic mass is 19.1. The van der Waals surface area contributed by atoms with E-state index in [1.165, 1.54) is 23.9 Å². The van der Waals surface area contributed by atoms with E-state index in [0.29, 0.717) is 30.0 Å². The SMILES string of the molecule is CONC(=O)c1cnn2ccc(N3CCCC3c3cc(F)ccc3F)nc12. The highest BCUT2D eigenvalue weighted by Crippen LogP contribution is 2.36. The van der Waals surface area contributed by atoms with Gasteiger partial charge in [-0.05, 0) is 37.1 Å². The van der Waals surface area contributed by atoms with Crippen LogP contribution in [0, 0.1) is 11.6 Å². The fraction of sp³-hybridized carbons (Fsp3) is 0.278. The molecule has 4 rings (SSSR count). The molecular formula is C18H17F2N5O2. The predicted octanol–water partition coefficient (Wildman–Crippen LogP) is 2.64. The molecule has 3 aromatic rings. The van der Waals surface area contributed by atoms with Crippen molar-refractivity contribution in [2.24, 2.45) is 0 Å². The molecule has 2 aromatic heterocycles. The van der Waals surface area contributed by atoms with Crippen LogP contribution in [0.2, 0.25) is 0 Å². The fourth-order valence-electron chi connectivity index (χ4n) is 3.46. The lowest BCUT2D eigenvalue weighted by Crippen LogP contribution is -2.25. The van der Waals surface area contributed by atoms with Crippen LogP contribution in [-0.2, 0) is 4.84 Å². The number of hydrogen-bond donors (Lipinski definition) is 1. The Labute approximate surface area is 153 Å². The van der Waals surface area contributed by atoms with Gasteiger partial charge in [0.25, 0.3) is 5.91 Å². The summed E-state index contributed by atoms with van der Waals surface area (Å²) in [5.74, 6) is -0.818. The van der Waals surface area contributed by atoms with E-state index in [-0.39, 0.29) is 11.6 Å². The molecule has 27 heavy (non-hydrogen) atoms. The third kappa shape index (κ3) is 3.10. The third-order valence-electron chi connectivity index (χ3n) is 4.66. The van der Waals surface area contributed by atoms with Gasteiger partial charge in [-0.25, -0.2) is 23.8 Å². The van der Waals surface area contributed by atoms with Crippen LogP contribution in [-0.4, -0.2) is 34.2 Å². The minimum atomic E-state index is -0.476. The van der Waals surface area contributed by atoms with Gasteiger partial charge in [-0.2, -0.15) is 5.10 Å². The molecule has 1 aromatic carbocycles. The van der Waals surface area contributed by atoms with E-state index in [0.717, 1.165) is 18.6 Å². The second-order valence-corrected chi connectivity index (χ2v) is 6.26. The molecular weight excluding hydrogens is 356 g/mol. The Bertz CT molecular complexity index is 1010. The number of rotatable bonds is 4. The Morgan fingerprint density at radius 3 is 3.00 bits per heavy atom. The van der Waals surface area contributed by atoms with E-state index in [1.54, 1.807) is 12.3 Å². The monoisotopic (exact) mass is 373 g/mol. The van der Waals surface area contributed by atoms with E-state index in [1.807, 2.05) is 4.90 Å². The highest BCUT2D eigenvalue weighted by molar-refractivity contribution is 5.99. The second kappa shape index (κ2) is 6.92. The summed E-state index contributed by atoms with van der Waals surface area (Å²) in [6.45, 7) is 0.650. The summed E-state index contributed by atoms with van der Waals surface area (Å²) in [6, 6.07) is 4.90. The van der Waals surface area contributed by atoms with Crippen molar-refractivity contribution in [3.63, 3.8) is 0 Å². The minimum Gasteiger partial charge on any atom is -0.349 e. The van der Waals surface area contributed by atoms with Crippen LogP contribution >= 0.6 is 0 Å². The quantitative estimate of drug-likeness (QED) is 0.712. The zero-order valence-electron chi connectivity index (χ0n) is 14.5.